The monoisotopic (exact) mass is 642 g/mol. The normalized spacial score (nSPS) is 15.5. The van der Waals surface area contributed by atoms with Crippen LogP contribution in [0, 0.1) is 5.82 Å². The fraction of sp³-hybridized carbons (Fsp3) is 0.371. The fourth-order valence-electron chi connectivity index (χ4n) is 5.99. The van der Waals surface area contributed by atoms with Gasteiger partial charge in [0.2, 0.25) is 5.43 Å². The number of fused-ring (bicyclic) bond motifs is 3. The summed E-state index contributed by atoms with van der Waals surface area (Å²) in [5.41, 5.74) is -0.166. The number of anilines is 1. The summed E-state index contributed by atoms with van der Waals surface area (Å²) < 4.78 is 29.8. The first-order chi connectivity index (χ1) is 22.4. The van der Waals surface area contributed by atoms with Gasteiger partial charge in [-0.05, 0) is 62.6 Å². The Kier molecular flexibility index (Phi) is 8.52. The average molecular weight is 643 g/mol. The van der Waals surface area contributed by atoms with Crippen molar-refractivity contribution in [3.8, 4) is 17.2 Å². The molecule has 2 aliphatic rings. The molecule has 11 nitrogen and oxygen atoms in total. The highest BCUT2D eigenvalue weighted by molar-refractivity contribution is 6.02. The summed E-state index contributed by atoms with van der Waals surface area (Å²) in [6.45, 7) is 6.95. The molecule has 0 saturated carbocycles. The van der Waals surface area contributed by atoms with Crippen LogP contribution in [0.4, 0.5) is 14.9 Å². The van der Waals surface area contributed by atoms with E-state index in [4.69, 9.17) is 9.47 Å². The Morgan fingerprint density at radius 3 is 2.64 bits per heavy atom. The number of carbonyl (C=O) groups is 2. The van der Waals surface area contributed by atoms with Crippen LogP contribution in [-0.2, 0) is 4.74 Å². The van der Waals surface area contributed by atoms with Gasteiger partial charge in [0, 0.05) is 46.5 Å². The van der Waals surface area contributed by atoms with Gasteiger partial charge in [0.1, 0.15) is 22.4 Å². The van der Waals surface area contributed by atoms with E-state index in [0.29, 0.717) is 56.0 Å². The molecule has 6 rings (SSSR count). The van der Waals surface area contributed by atoms with Crippen molar-refractivity contribution in [1.82, 2.24) is 20.1 Å². The summed E-state index contributed by atoms with van der Waals surface area (Å²) in [5, 5.41) is 7.58. The summed E-state index contributed by atoms with van der Waals surface area (Å²) >= 11 is 0. The molecule has 4 aromatic rings. The SMILES string of the molecule is CN(C)C=NCCCNC(=O)c1cn2c3c(c(N4CC[C@@H](NC(=O)OC(C)(C)C)C4)c(F)cc3c1=O)Oc1cc3ccccc3cc1-2. The number of nitrogens with one attached hydrogen (secondary N) is 2. The second-order valence-electron chi connectivity index (χ2n) is 13.1. The summed E-state index contributed by atoms with van der Waals surface area (Å²) in [6, 6.07) is 12.5. The molecular weight excluding hydrogens is 603 g/mol. The summed E-state index contributed by atoms with van der Waals surface area (Å²) in [7, 11) is 3.75. The number of carbonyl (C=O) groups excluding carboxylic acids is 2. The molecule has 1 saturated heterocycles. The zero-order valence-corrected chi connectivity index (χ0v) is 27.2. The van der Waals surface area contributed by atoms with E-state index in [1.807, 2.05) is 60.3 Å². The average Bonchev–Trinajstić information content (AvgIpc) is 3.45. The van der Waals surface area contributed by atoms with Crippen LogP contribution < -0.4 is 25.7 Å². The van der Waals surface area contributed by atoms with Crippen LogP contribution in [0.1, 0.15) is 44.0 Å². The molecule has 0 unspecified atom stereocenters. The predicted molar refractivity (Wildman–Crippen MR) is 181 cm³/mol. The Morgan fingerprint density at radius 1 is 1.17 bits per heavy atom. The third kappa shape index (κ3) is 6.58. The number of ether oxygens (including phenoxy) is 2. The molecule has 3 aromatic carbocycles. The summed E-state index contributed by atoms with van der Waals surface area (Å²) in [4.78, 5) is 47.6. The molecule has 2 N–H and O–H groups in total. The molecule has 246 valence electrons. The van der Waals surface area contributed by atoms with Gasteiger partial charge in [-0.2, -0.15) is 0 Å². The van der Waals surface area contributed by atoms with Crippen molar-refractivity contribution in [3.05, 3.63) is 70.3 Å². The number of benzene rings is 3. The van der Waals surface area contributed by atoms with Gasteiger partial charge in [-0.25, -0.2) is 9.18 Å². The Balaban J connectivity index is 1.40. The maximum atomic E-state index is 16.2. The Hall–Kier alpha value is -5.13. The first kappa shape index (κ1) is 31.8. The van der Waals surface area contributed by atoms with Gasteiger partial charge in [0.05, 0.1) is 23.5 Å². The number of rotatable bonds is 8. The number of hydrogen-bond acceptors (Lipinski definition) is 7. The maximum absolute atomic E-state index is 16.2. The molecule has 0 radical (unpaired) electrons. The lowest BCUT2D eigenvalue weighted by Gasteiger charge is -2.29. The van der Waals surface area contributed by atoms with Gasteiger partial charge in [-0.1, -0.05) is 24.3 Å². The van der Waals surface area contributed by atoms with Crippen LogP contribution in [0.2, 0.25) is 0 Å². The Morgan fingerprint density at radius 2 is 1.91 bits per heavy atom. The van der Waals surface area contributed by atoms with E-state index in [-0.39, 0.29) is 28.4 Å². The van der Waals surface area contributed by atoms with Crippen LogP contribution in [0.5, 0.6) is 11.5 Å². The molecule has 2 aliphatic heterocycles. The quantitative estimate of drug-likeness (QED) is 0.136. The van der Waals surface area contributed by atoms with Gasteiger partial charge in [-0.3, -0.25) is 14.6 Å². The minimum atomic E-state index is -0.658. The van der Waals surface area contributed by atoms with Crippen molar-refractivity contribution < 1.29 is 23.5 Å². The first-order valence-corrected chi connectivity index (χ1v) is 15.7. The van der Waals surface area contributed by atoms with Crippen molar-refractivity contribution in [2.75, 3.05) is 45.2 Å². The smallest absolute Gasteiger partial charge is 0.407 e. The maximum Gasteiger partial charge on any atom is 0.407 e. The van der Waals surface area contributed by atoms with E-state index in [1.54, 1.807) is 31.7 Å². The largest absolute Gasteiger partial charge is 0.451 e. The molecule has 0 spiro atoms. The van der Waals surface area contributed by atoms with Crippen molar-refractivity contribution in [2.45, 2.75) is 45.3 Å². The molecule has 3 heterocycles. The zero-order valence-electron chi connectivity index (χ0n) is 27.2. The minimum Gasteiger partial charge on any atom is -0.451 e. The van der Waals surface area contributed by atoms with Crippen LogP contribution in [0.3, 0.4) is 0 Å². The van der Waals surface area contributed by atoms with E-state index in [2.05, 4.69) is 15.6 Å². The number of halogens is 1. The molecular formula is C35H39FN6O5. The van der Waals surface area contributed by atoms with E-state index < -0.39 is 28.8 Å². The zero-order chi connectivity index (χ0) is 33.5. The molecule has 12 heteroatoms. The summed E-state index contributed by atoms with van der Waals surface area (Å²) in [5.74, 6) is -0.563. The van der Waals surface area contributed by atoms with E-state index >= 15 is 4.39 Å². The highest BCUT2D eigenvalue weighted by Gasteiger charge is 2.34. The van der Waals surface area contributed by atoms with Crippen LogP contribution >= 0.6 is 0 Å². The van der Waals surface area contributed by atoms with Crippen LogP contribution in [-0.4, -0.2) is 79.7 Å². The fourth-order valence-corrected chi connectivity index (χ4v) is 5.99. The van der Waals surface area contributed by atoms with E-state index in [1.165, 1.54) is 12.3 Å². The van der Waals surface area contributed by atoms with E-state index in [9.17, 15) is 14.4 Å². The third-order valence-electron chi connectivity index (χ3n) is 8.00. The van der Waals surface area contributed by atoms with E-state index in [0.717, 1.165) is 10.8 Å². The lowest BCUT2D eigenvalue weighted by molar-refractivity contribution is 0.0508. The second-order valence-corrected chi connectivity index (χ2v) is 13.1. The van der Waals surface area contributed by atoms with Crippen LogP contribution in [0.25, 0.3) is 27.4 Å². The third-order valence-corrected chi connectivity index (χ3v) is 8.00. The number of alkyl carbamates (subject to hydrolysis) is 1. The number of aliphatic imine (C=N–C) groups is 1. The number of hydrogen-bond donors (Lipinski definition) is 2. The van der Waals surface area contributed by atoms with Crippen molar-refractivity contribution in [3.63, 3.8) is 0 Å². The minimum absolute atomic E-state index is 0.0333. The standard InChI is InChI=1S/C35H39FN6O5/c1-35(2,3)47-34(45)39-23-11-14-41(18-23)30-26(36)17-24-29-32(30)46-28-16-22-10-7-6-9-21(22)15-27(28)42(29)19-25(31(24)43)33(44)38-13-8-12-37-20-40(4)5/h6-7,9-10,15-17,19-20,23H,8,11-14,18H2,1-5H3,(H,38,44)(H,39,45)/t23-/m1/s1. The highest BCUT2D eigenvalue weighted by Crippen LogP contribution is 2.48. The van der Waals surface area contributed by atoms with Gasteiger partial charge in [0.25, 0.3) is 5.91 Å². The molecule has 0 bridgehead atoms. The van der Waals surface area contributed by atoms with Crippen molar-refractivity contribution in [1.29, 1.82) is 0 Å². The molecule has 1 fully saturated rings. The number of amides is 2. The topological polar surface area (TPSA) is 118 Å². The Bertz CT molecular complexity index is 1960. The number of pyridine rings is 1. The molecule has 1 aromatic heterocycles. The number of nitrogens with zero attached hydrogens (tertiary/aromatic N) is 4. The highest BCUT2D eigenvalue weighted by atomic mass is 19.1. The van der Waals surface area contributed by atoms with Gasteiger partial charge in [0.15, 0.2) is 17.3 Å². The first-order valence-electron chi connectivity index (χ1n) is 15.7. The summed E-state index contributed by atoms with van der Waals surface area (Å²) in [6.07, 6.45) is 3.82. The molecule has 1 atom stereocenters. The molecule has 2 amide bonds. The van der Waals surface area contributed by atoms with Gasteiger partial charge in [-0.15, -0.1) is 0 Å². The molecule has 0 aliphatic carbocycles. The Labute approximate surface area is 272 Å². The van der Waals surface area contributed by atoms with Crippen LogP contribution in [0.15, 0.2) is 58.4 Å². The van der Waals surface area contributed by atoms with Crippen molar-refractivity contribution >= 4 is 45.7 Å². The predicted octanol–water partition coefficient (Wildman–Crippen LogP) is 5.20. The number of aromatic nitrogens is 1. The van der Waals surface area contributed by atoms with Crippen molar-refractivity contribution in [2.24, 2.45) is 4.99 Å². The molecule has 47 heavy (non-hydrogen) atoms. The second kappa shape index (κ2) is 12.6. The van der Waals surface area contributed by atoms with Gasteiger partial charge < -0.3 is 34.5 Å². The van der Waals surface area contributed by atoms with Gasteiger partial charge >= 0.3 is 6.09 Å². The lowest BCUT2D eigenvalue weighted by atomic mass is 10.0. The lowest BCUT2D eigenvalue weighted by Crippen LogP contribution is -2.40.